The van der Waals surface area contributed by atoms with Gasteiger partial charge < -0.3 is 13.8 Å². The van der Waals surface area contributed by atoms with Gasteiger partial charge in [-0.25, -0.2) is 0 Å². The minimum atomic E-state index is 0.0574. The second kappa shape index (κ2) is 6.91. The Morgan fingerprint density at radius 1 is 1.17 bits per heavy atom. The van der Waals surface area contributed by atoms with E-state index in [1.807, 2.05) is 30.3 Å². The van der Waals surface area contributed by atoms with Gasteiger partial charge in [0.1, 0.15) is 0 Å². The van der Waals surface area contributed by atoms with Crippen molar-refractivity contribution in [1.82, 2.24) is 10.1 Å². The molecule has 0 N–H and O–H groups in total. The molecule has 0 saturated heterocycles. The molecule has 0 aliphatic rings. The van der Waals surface area contributed by atoms with Crippen molar-refractivity contribution in [2.75, 3.05) is 11.9 Å². The van der Waals surface area contributed by atoms with Crippen LogP contribution >= 0.6 is 0 Å². The van der Waals surface area contributed by atoms with E-state index in [9.17, 15) is 4.79 Å². The number of carbonyl (C=O) groups excluding carboxylic acids is 1. The zero-order valence-corrected chi connectivity index (χ0v) is 12.8. The highest BCUT2D eigenvalue weighted by Crippen LogP contribution is 2.17. The van der Waals surface area contributed by atoms with Gasteiger partial charge in [-0.05, 0) is 30.7 Å². The number of rotatable bonds is 6. The van der Waals surface area contributed by atoms with Gasteiger partial charge in [-0.2, -0.15) is 4.98 Å². The molecule has 6 heteroatoms. The highest BCUT2D eigenvalue weighted by atomic mass is 16.5. The summed E-state index contributed by atoms with van der Waals surface area (Å²) in [5.41, 5.74) is 0.885. The number of amides is 1. The van der Waals surface area contributed by atoms with Gasteiger partial charge in [0.25, 0.3) is 0 Å². The zero-order chi connectivity index (χ0) is 16.1. The maximum absolute atomic E-state index is 12.2. The summed E-state index contributed by atoms with van der Waals surface area (Å²) in [5, 5.41) is 3.86. The van der Waals surface area contributed by atoms with E-state index < -0.39 is 0 Å². The van der Waals surface area contributed by atoms with Crippen molar-refractivity contribution in [3.63, 3.8) is 0 Å². The number of hydrogen-bond donors (Lipinski definition) is 0. The molecule has 1 aromatic carbocycles. The average Bonchev–Trinajstić information content (AvgIpc) is 3.26. The number of benzene rings is 1. The molecule has 0 aliphatic carbocycles. The summed E-state index contributed by atoms with van der Waals surface area (Å²) in [5.74, 6) is 1.56. The first-order valence-electron chi connectivity index (χ1n) is 7.42. The quantitative estimate of drug-likeness (QED) is 0.698. The molecule has 0 aliphatic heterocycles. The molecule has 0 bridgehead atoms. The fourth-order valence-corrected chi connectivity index (χ4v) is 2.22. The largest absolute Gasteiger partial charge is 0.461 e. The van der Waals surface area contributed by atoms with Crippen molar-refractivity contribution in [2.24, 2.45) is 0 Å². The summed E-state index contributed by atoms with van der Waals surface area (Å²) in [4.78, 5) is 18.1. The number of aromatic nitrogens is 2. The van der Waals surface area contributed by atoms with Crippen LogP contribution in [0.15, 0.2) is 57.7 Å². The summed E-state index contributed by atoms with van der Waals surface area (Å²) in [6.45, 7) is 0. The Morgan fingerprint density at radius 2 is 2.00 bits per heavy atom. The fourth-order valence-electron chi connectivity index (χ4n) is 2.22. The highest BCUT2D eigenvalue weighted by molar-refractivity contribution is 5.92. The van der Waals surface area contributed by atoms with Gasteiger partial charge in [-0.3, -0.25) is 4.79 Å². The third-order valence-electron chi connectivity index (χ3n) is 3.51. The number of anilines is 1. The molecule has 23 heavy (non-hydrogen) atoms. The van der Waals surface area contributed by atoms with Crippen molar-refractivity contribution in [1.29, 1.82) is 0 Å². The van der Waals surface area contributed by atoms with Gasteiger partial charge >= 0.3 is 0 Å². The van der Waals surface area contributed by atoms with Crippen LogP contribution < -0.4 is 4.90 Å². The lowest BCUT2D eigenvalue weighted by molar-refractivity contribution is -0.118. The molecule has 2 aromatic heterocycles. The lowest BCUT2D eigenvalue weighted by Crippen LogP contribution is -2.25. The Kier molecular flexibility index (Phi) is 4.52. The molecule has 118 valence electrons. The molecule has 0 radical (unpaired) electrons. The van der Waals surface area contributed by atoms with E-state index in [2.05, 4.69) is 10.1 Å². The first kappa shape index (κ1) is 15.0. The predicted octanol–water partition coefficient (Wildman–Crippen LogP) is 3.32. The number of hydrogen-bond acceptors (Lipinski definition) is 5. The van der Waals surface area contributed by atoms with Gasteiger partial charge in [0.15, 0.2) is 5.76 Å². The maximum atomic E-state index is 12.2. The Balaban J connectivity index is 1.50. The molecule has 0 spiro atoms. The molecule has 0 saturated carbocycles. The van der Waals surface area contributed by atoms with E-state index in [1.54, 1.807) is 30.3 Å². The third-order valence-corrected chi connectivity index (χ3v) is 3.51. The standard InChI is InChI=1S/C17H17N3O3/c1-20(13-7-3-2-4-8-13)16(21)11-5-10-15-18-17(19-23-15)14-9-6-12-22-14/h2-4,6-9,12H,5,10-11H2,1H3. The number of furan rings is 1. The molecule has 2 heterocycles. The summed E-state index contributed by atoms with van der Waals surface area (Å²) in [6, 6.07) is 13.1. The van der Waals surface area contributed by atoms with Crippen LogP contribution in [0.1, 0.15) is 18.7 Å². The van der Waals surface area contributed by atoms with E-state index in [-0.39, 0.29) is 5.91 Å². The fraction of sp³-hybridized carbons (Fsp3) is 0.235. The van der Waals surface area contributed by atoms with Crippen LogP contribution in [0.2, 0.25) is 0 Å². The number of nitrogens with zero attached hydrogens (tertiary/aromatic N) is 3. The summed E-state index contributed by atoms with van der Waals surface area (Å²) < 4.78 is 10.4. The lowest BCUT2D eigenvalue weighted by Gasteiger charge is -2.16. The van der Waals surface area contributed by atoms with Gasteiger partial charge in [-0.1, -0.05) is 23.4 Å². The van der Waals surface area contributed by atoms with Crippen LogP contribution in [-0.4, -0.2) is 23.1 Å². The summed E-state index contributed by atoms with van der Waals surface area (Å²) in [7, 11) is 1.78. The van der Waals surface area contributed by atoms with E-state index in [0.29, 0.717) is 36.7 Å². The van der Waals surface area contributed by atoms with Crippen molar-refractivity contribution in [3.8, 4) is 11.6 Å². The number of aryl methyl sites for hydroxylation is 1. The third kappa shape index (κ3) is 3.66. The van der Waals surface area contributed by atoms with Crippen LogP contribution in [0.5, 0.6) is 0 Å². The monoisotopic (exact) mass is 311 g/mol. The zero-order valence-electron chi connectivity index (χ0n) is 12.8. The first-order valence-corrected chi connectivity index (χ1v) is 7.42. The SMILES string of the molecule is CN(C(=O)CCCc1nc(-c2ccco2)no1)c1ccccc1. The second-order valence-corrected chi connectivity index (χ2v) is 5.13. The van der Waals surface area contributed by atoms with Gasteiger partial charge in [-0.15, -0.1) is 0 Å². The molecule has 0 fully saturated rings. The lowest BCUT2D eigenvalue weighted by atomic mass is 10.2. The smallest absolute Gasteiger partial charge is 0.238 e. The Hall–Kier alpha value is -2.89. The van der Waals surface area contributed by atoms with E-state index in [0.717, 1.165) is 5.69 Å². The number of carbonyl (C=O) groups is 1. The van der Waals surface area contributed by atoms with Crippen molar-refractivity contribution in [2.45, 2.75) is 19.3 Å². The minimum absolute atomic E-state index is 0.0574. The average molecular weight is 311 g/mol. The van der Waals surface area contributed by atoms with Crippen molar-refractivity contribution in [3.05, 3.63) is 54.6 Å². The Bertz CT molecular complexity index is 751. The molecule has 0 atom stereocenters. The first-order chi connectivity index (χ1) is 11.2. The molecule has 3 rings (SSSR count). The van der Waals surface area contributed by atoms with E-state index in [1.165, 1.54) is 0 Å². The van der Waals surface area contributed by atoms with Crippen LogP contribution in [0.25, 0.3) is 11.6 Å². The Morgan fingerprint density at radius 3 is 2.74 bits per heavy atom. The molecular formula is C17H17N3O3. The molecular weight excluding hydrogens is 294 g/mol. The summed E-state index contributed by atoms with van der Waals surface area (Å²) >= 11 is 0. The Labute approximate surface area is 133 Å². The van der Waals surface area contributed by atoms with Gasteiger partial charge in [0, 0.05) is 25.6 Å². The van der Waals surface area contributed by atoms with E-state index >= 15 is 0 Å². The van der Waals surface area contributed by atoms with Gasteiger partial charge in [0.05, 0.1) is 6.26 Å². The van der Waals surface area contributed by atoms with Crippen molar-refractivity contribution >= 4 is 11.6 Å². The second-order valence-electron chi connectivity index (χ2n) is 5.13. The molecule has 6 nitrogen and oxygen atoms in total. The van der Waals surface area contributed by atoms with Crippen LogP contribution in [0.3, 0.4) is 0 Å². The number of para-hydroxylation sites is 1. The highest BCUT2D eigenvalue weighted by Gasteiger charge is 2.13. The minimum Gasteiger partial charge on any atom is -0.461 e. The van der Waals surface area contributed by atoms with Crippen LogP contribution in [-0.2, 0) is 11.2 Å². The van der Waals surface area contributed by atoms with Crippen LogP contribution in [0.4, 0.5) is 5.69 Å². The predicted molar refractivity (Wildman–Crippen MR) is 84.8 cm³/mol. The maximum Gasteiger partial charge on any atom is 0.238 e. The normalized spacial score (nSPS) is 10.7. The van der Waals surface area contributed by atoms with Crippen LogP contribution in [0, 0.1) is 0 Å². The molecule has 3 aromatic rings. The van der Waals surface area contributed by atoms with E-state index in [4.69, 9.17) is 8.94 Å². The molecule has 0 unspecified atom stereocenters. The van der Waals surface area contributed by atoms with Gasteiger partial charge in [0.2, 0.25) is 17.6 Å². The summed E-state index contributed by atoms with van der Waals surface area (Å²) in [6.07, 6.45) is 3.19. The topological polar surface area (TPSA) is 72.4 Å². The molecule has 1 amide bonds. The van der Waals surface area contributed by atoms with Crippen molar-refractivity contribution < 1.29 is 13.7 Å².